The minimum atomic E-state index is -0.678. The molecule has 0 radical (unpaired) electrons. The van der Waals surface area contributed by atoms with Crippen LogP contribution < -0.4 is 0 Å². The Morgan fingerprint density at radius 1 is 1.11 bits per heavy atom. The van der Waals surface area contributed by atoms with Gasteiger partial charge in [-0.25, -0.2) is 0 Å². The highest BCUT2D eigenvalue weighted by Crippen LogP contribution is 2.27. The molecule has 2 heteroatoms. The molecule has 0 aliphatic carbocycles. The summed E-state index contributed by atoms with van der Waals surface area (Å²) >= 11 is 0. The van der Waals surface area contributed by atoms with Crippen molar-refractivity contribution in [3.63, 3.8) is 0 Å². The first kappa shape index (κ1) is 14.7. The molecule has 0 aliphatic heterocycles. The minimum absolute atomic E-state index is 0.309. The number of hydrogen-bond donors (Lipinski definition) is 1. The van der Waals surface area contributed by atoms with Gasteiger partial charge in [-0.1, -0.05) is 56.5 Å². The van der Waals surface area contributed by atoms with Gasteiger partial charge in [0.2, 0.25) is 0 Å². The van der Waals surface area contributed by atoms with E-state index in [1.165, 1.54) is 24.8 Å². The SMILES string of the molecule is CCCC(CCCCCC(=O)O)c1ccccc1. The predicted molar refractivity (Wildman–Crippen MR) is 74.8 cm³/mol. The van der Waals surface area contributed by atoms with E-state index in [-0.39, 0.29) is 0 Å². The molecule has 1 atom stereocenters. The number of rotatable bonds is 9. The quantitative estimate of drug-likeness (QED) is 0.648. The molecule has 0 aromatic heterocycles. The summed E-state index contributed by atoms with van der Waals surface area (Å²) in [6, 6.07) is 10.7. The third-order valence-corrected chi connectivity index (χ3v) is 3.35. The largest absolute Gasteiger partial charge is 0.481 e. The molecule has 0 saturated carbocycles. The van der Waals surface area contributed by atoms with Crippen LogP contribution in [0.15, 0.2) is 30.3 Å². The maximum atomic E-state index is 10.4. The van der Waals surface area contributed by atoms with Crippen molar-refractivity contribution in [2.45, 2.75) is 57.8 Å². The first-order chi connectivity index (χ1) is 8.74. The summed E-state index contributed by atoms with van der Waals surface area (Å²) in [6.45, 7) is 2.22. The molecule has 1 aromatic rings. The Morgan fingerprint density at radius 2 is 1.83 bits per heavy atom. The lowest BCUT2D eigenvalue weighted by Gasteiger charge is -2.16. The van der Waals surface area contributed by atoms with Crippen molar-refractivity contribution in [3.05, 3.63) is 35.9 Å². The summed E-state index contributed by atoms with van der Waals surface area (Å²) in [5, 5.41) is 8.58. The van der Waals surface area contributed by atoms with Crippen LogP contribution in [0.2, 0.25) is 0 Å². The number of aliphatic carboxylic acids is 1. The van der Waals surface area contributed by atoms with Crippen molar-refractivity contribution in [2.24, 2.45) is 0 Å². The lowest BCUT2D eigenvalue weighted by atomic mass is 9.89. The van der Waals surface area contributed by atoms with Crippen LogP contribution in [0.3, 0.4) is 0 Å². The van der Waals surface area contributed by atoms with Crippen molar-refractivity contribution in [3.8, 4) is 0 Å². The number of carboxylic acids is 1. The first-order valence-corrected chi connectivity index (χ1v) is 7.00. The Kier molecular flexibility index (Phi) is 7.16. The fraction of sp³-hybridized carbons (Fsp3) is 0.562. The molecule has 1 unspecified atom stereocenters. The molecule has 0 bridgehead atoms. The molecule has 1 N–H and O–H groups in total. The number of unbranched alkanes of at least 4 members (excludes halogenated alkanes) is 2. The molecule has 0 fully saturated rings. The van der Waals surface area contributed by atoms with E-state index in [2.05, 4.69) is 37.3 Å². The molecular weight excluding hydrogens is 224 g/mol. The van der Waals surface area contributed by atoms with Crippen molar-refractivity contribution in [1.82, 2.24) is 0 Å². The molecular formula is C16H24O2. The second-order valence-corrected chi connectivity index (χ2v) is 4.89. The van der Waals surface area contributed by atoms with Gasteiger partial charge in [-0.3, -0.25) is 4.79 Å². The van der Waals surface area contributed by atoms with Gasteiger partial charge in [-0.05, 0) is 30.7 Å². The van der Waals surface area contributed by atoms with E-state index >= 15 is 0 Å². The van der Waals surface area contributed by atoms with Crippen LogP contribution in [-0.4, -0.2) is 11.1 Å². The van der Waals surface area contributed by atoms with E-state index in [9.17, 15) is 4.79 Å². The molecule has 1 rings (SSSR count). The molecule has 100 valence electrons. The molecule has 0 spiro atoms. The van der Waals surface area contributed by atoms with Gasteiger partial charge < -0.3 is 5.11 Å². The van der Waals surface area contributed by atoms with Crippen molar-refractivity contribution < 1.29 is 9.90 Å². The van der Waals surface area contributed by atoms with Gasteiger partial charge in [0.15, 0.2) is 0 Å². The van der Waals surface area contributed by atoms with Crippen LogP contribution in [0.4, 0.5) is 0 Å². The molecule has 0 aliphatic rings. The highest BCUT2D eigenvalue weighted by molar-refractivity contribution is 5.66. The van der Waals surface area contributed by atoms with Crippen LogP contribution in [0.1, 0.15) is 63.4 Å². The van der Waals surface area contributed by atoms with Gasteiger partial charge in [0.05, 0.1) is 0 Å². The number of benzene rings is 1. The normalized spacial score (nSPS) is 12.3. The fourth-order valence-electron chi connectivity index (χ4n) is 2.40. The van der Waals surface area contributed by atoms with Crippen LogP contribution in [0.25, 0.3) is 0 Å². The zero-order valence-corrected chi connectivity index (χ0v) is 11.3. The standard InChI is InChI=1S/C16H24O2/c1-2-9-14(15-11-5-3-6-12-15)10-7-4-8-13-16(17)18/h3,5-6,11-12,14H,2,4,7-10,13H2,1H3,(H,17,18). The smallest absolute Gasteiger partial charge is 0.303 e. The van der Waals surface area contributed by atoms with Gasteiger partial charge in [0.1, 0.15) is 0 Å². The Morgan fingerprint density at radius 3 is 2.44 bits per heavy atom. The van der Waals surface area contributed by atoms with Crippen LogP contribution >= 0.6 is 0 Å². The average Bonchev–Trinajstić information content (AvgIpc) is 2.38. The maximum Gasteiger partial charge on any atom is 0.303 e. The summed E-state index contributed by atoms with van der Waals surface area (Å²) in [7, 11) is 0. The predicted octanol–water partition coefficient (Wildman–Crippen LogP) is 4.61. The number of carbonyl (C=O) groups is 1. The van der Waals surface area contributed by atoms with Gasteiger partial charge >= 0.3 is 5.97 Å². The van der Waals surface area contributed by atoms with Crippen molar-refractivity contribution in [2.75, 3.05) is 0 Å². The third-order valence-electron chi connectivity index (χ3n) is 3.35. The van der Waals surface area contributed by atoms with Gasteiger partial charge in [0, 0.05) is 6.42 Å². The van der Waals surface area contributed by atoms with E-state index in [0.717, 1.165) is 19.3 Å². The summed E-state index contributed by atoms with van der Waals surface area (Å²) in [5.41, 5.74) is 1.43. The van der Waals surface area contributed by atoms with Gasteiger partial charge in [0.25, 0.3) is 0 Å². The first-order valence-electron chi connectivity index (χ1n) is 7.00. The molecule has 1 aromatic carbocycles. The molecule has 0 heterocycles. The number of hydrogen-bond acceptors (Lipinski definition) is 1. The van der Waals surface area contributed by atoms with E-state index < -0.39 is 5.97 Å². The topological polar surface area (TPSA) is 37.3 Å². The van der Waals surface area contributed by atoms with Gasteiger partial charge in [-0.15, -0.1) is 0 Å². The Bertz CT molecular complexity index is 332. The summed E-state index contributed by atoms with van der Waals surface area (Å²) in [4.78, 5) is 10.4. The lowest BCUT2D eigenvalue weighted by molar-refractivity contribution is -0.137. The maximum absolute atomic E-state index is 10.4. The van der Waals surface area contributed by atoms with E-state index in [4.69, 9.17) is 5.11 Å². The summed E-state index contributed by atoms with van der Waals surface area (Å²) in [6.07, 6.45) is 6.88. The Labute approximate surface area is 110 Å². The van der Waals surface area contributed by atoms with E-state index in [1.807, 2.05) is 0 Å². The summed E-state index contributed by atoms with van der Waals surface area (Å²) in [5.74, 6) is -0.0378. The molecule has 2 nitrogen and oxygen atoms in total. The van der Waals surface area contributed by atoms with Crippen molar-refractivity contribution >= 4 is 5.97 Å². The Hall–Kier alpha value is -1.31. The average molecular weight is 248 g/mol. The third kappa shape index (κ3) is 5.85. The lowest BCUT2D eigenvalue weighted by Crippen LogP contribution is -1.99. The molecule has 18 heavy (non-hydrogen) atoms. The number of carboxylic acid groups (broad SMARTS) is 1. The van der Waals surface area contributed by atoms with E-state index in [0.29, 0.717) is 12.3 Å². The fourth-order valence-corrected chi connectivity index (χ4v) is 2.40. The minimum Gasteiger partial charge on any atom is -0.481 e. The van der Waals surface area contributed by atoms with Crippen LogP contribution in [0, 0.1) is 0 Å². The molecule has 0 amide bonds. The van der Waals surface area contributed by atoms with E-state index in [1.54, 1.807) is 0 Å². The molecule has 0 saturated heterocycles. The zero-order chi connectivity index (χ0) is 13.2. The highest BCUT2D eigenvalue weighted by Gasteiger charge is 2.09. The van der Waals surface area contributed by atoms with Gasteiger partial charge in [-0.2, -0.15) is 0 Å². The summed E-state index contributed by atoms with van der Waals surface area (Å²) < 4.78 is 0. The Balaban J connectivity index is 2.33. The highest BCUT2D eigenvalue weighted by atomic mass is 16.4. The monoisotopic (exact) mass is 248 g/mol. The van der Waals surface area contributed by atoms with Crippen LogP contribution in [-0.2, 0) is 4.79 Å². The zero-order valence-electron chi connectivity index (χ0n) is 11.3. The van der Waals surface area contributed by atoms with Crippen LogP contribution in [0.5, 0.6) is 0 Å². The van der Waals surface area contributed by atoms with Crippen molar-refractivity contribution in [1.29, 1.82) is 0 Å². The second-order valence-electron chi connectivity index (χ2n) is 4.89. The second kappa shape index (κ2) is 8.73.